The molecular formula is C16H16F3N5O2S. The van der Waals surface area contributed by atoms with Crippen LogP contribution < -0.4 is 5.73 Å². The van der Waals surface area contributed by atoms with Crippen LogP contribution in [0.15, 0.2) is 24.3 Å². The second kappa shape index (κ2) is 6.06. The maximum Gasteiger partial charge on any atom is 0.404 e. The van der Waals surface area contributed by atoms with Crippen molar-refractivity contribution in [3.05, 3.63) is 30.1 Å². The molecule has 3 heterocycles. The van der Waals surface area contributed by atoms with E-state index in [1.807, 2.05) is 28.8 Å². The minimum absolute atomic E-state index is 0.00175. The van der Waals surface area contributed by atoms with E-state index in [1.54, 1.807) is 0 Å². The number of aryl methyl sites for hydroxylation is 1. The first-order chi connectivity index (χ1) is 12.7. The minimum atomic E-state index is -4.80. The van der Waals surface area contributed by atoms with Gasteiger partial charge < -0.3 is 10.3 Å². The number of sulfonamides is 1. The number of nitrogens with two attached hydrogens (primary N) is 1. The number of alkyl halides is 3. The Morgan fingerprint density at radius 1 is 1.15 bits per heavy atom. The molecule has 11 heteroatoms. The summed E-state index contributed by atoms with van der Waals surface area (Å²) in [5.41, 5.74) is 7.84. The summed E-state index contributed by atoms with van der Waals surface area (Å²) in [6.07, 6.45) is -4.43. The van der Waals surface area contributed by atoms with E-state index in [9.17, 15) is 21.6 Å². The number of hydrogen-bond donors (Lipinski definition) is 1. The lowest BCUT2D eigenvalue weighted by atomic mass is 10.2. The summed E-state index contributed by atoms with van der Waals surface area (Å²) in [7, 11) is -4.49. The fourth-order valence-corrected chi connectivity index (χ4v) is 4.76. The smallest absolute Gasteiger partial charge is 0.382 e. The summed E-state index contributed by atoms with van der Waals surface area (Å²) in [4.78, 5) is 8.72. The van der Waals surface area contributed by atoms with Gasteiger partial charge in [0.25, 0.3) is 0 Å². The van der Waals surface area contributed by atoms with E-state index in [2.05, 4.69) is 9.97 Å². The lowest BCUT2D eigenvalue weighted by Gasteiger charge is -2.20. The van der Waals surface area contributed by atoms with Gasteiger partial charge in [-0.1, -0.05) is 18.2 Å². The number of para-hydroxylation sites is 1. The Morgan fingerprint density at radius 3 is 2.63 bits per heavy atom. The largest absolute Gasteiger partial charge is 0.404 e. The Balaban J connectivity index is 1.84. The van der Waals surface area contributed by atoms with Gasteiger partial charge in [0.15, 0.2) is 11.6 Å². The number of pyridine rings is 1. The third-order valence-corrected chi connectivity index (χ3v) is 6.33. The first-order valence-electron chi connectivity index (χ1n) is 8.23. The number of fused-ring (bicyclic) bond motifs is 5. The van der Waals surface area contributed by atoms with Gasteiger partial charge in [-0.2, -0.15) is 17.5 Å². The van der Waals surface area contributed by atoms with Gasteiger partial charge in [0.2, 0.25) is 10.0 Å². The number of nitrogen functional groups attached to an aromatic ring is 1. The number of anilines is 1. The van der Waals surface area contributed by atoms with Crippen LogP contribution in [0.1, 0.15) is 12.2 Å². The number of hydrogen-bond acceptors (Lipinski definition) is 5. The summed E-state index contributed by atoms with van der Waals surface area (Å²) in [6.45, 7) is 0.194. The topological polar surface area (TPSA) is 94.1 Å². The van der Waals surface area contributed by atoms with Gasteiger partial charge in [-0.15, -0.1) is 0 Å². The fourth-order valence-electron chi connectivity index (χ4n) is 3.44. The van der Waals surface area contributed by atoms with Crippen molar-refractivity contribution in [2.24, 2.45) is 0 Å². The quantitative estimate of drug-likeness (QED) is 0.713. The van der Waals surface area contributed by atoms with Crippen LogP contribution in [0.3, 0.4) is 0 Å². The van der Waals surface area contributed by atoms with Crippen molar-refractivity contribution < 1.29 is 21.6 Å². The van der Waals surface area contributed by atoms with Gasteiger partial charge >= 0.3 is 6.18 Å². The minimum Gasteiger partial charge on any atom is -0.382 e. The number of aromatic nitrogens is 3. The van der Waals surface area contributed by atoms with Gasteiger partial charge in [0.1, 0.15) is 11.3 Å². The number of nitrogens with zero attached hydrogens (tertiary/aromatic N) is 4. The van der Waals surface area contributed by atoms with Gasteiger partial charge in [0.05, 0.1) is 17.6 Å². The van der Waals surface area contributed by atoms with Crippen LogP contribution in [-0.4, -0.2) is 45.7 Å². The van der Waals surface area contributed by atoms with Crippen molar-refractivity contribution >= 4 is 37.8 Å². The molecule has 1 aliphatic rings. The first kappa shape index (κ1) is 18.0. The van der Waals surface area contributed by atoms with Crippen LogP contribution in [0.5, 0.6) is 0 Å². The molecule has 2 aromatic heterocycles. The van der Waals surface area contributed by atoms with Crippen LogP contribution in [0.25, 0.3) is 21.9 Å². The van der Waals surface area contributed by atoms with Crippen molar-refractivity contribution in [1.29, 1.82) is 0 Å². The lowest BCUT2D eigenvalue weighted by molar-refractivity contribution is -0.107. The molecule has 0 saturated heterocycles. The molecule has 1 aliphatic heterocycles. The van der Waals surface area contributed by atoms with Crippen molar-refractivity contribution in [3.63, 3.8) is 0 Å². The maximum absolute atomic E-state index is 12.6. The predicted octanol–water partition coefficient (Wildman–Crippen LogP) is 2.26. The molecule has 4 rings (SSSR count). The van der Waals surface area contributed by atoms with E-state index >= 15 is 0 Å². The number of rotatable bonds is 2. The van der Waals surface area contributed by atoms with E-state index in [-0.39, 0.29) is 18.9 Å². The van der Waals surface area contributed by atoms with Gasteiger partial charge in [-0.25, -0.2) is 18.4 Å². The predicted molar refractivity (Wildman–Crippen MR) is 94.3 cm³/mol. The zero-order valence-corrected chi connectivity index (χ0v) is 14.9. The van der Waals surface area contributed by atoms with Crippen molar-refractivity contribution in [2.45, 2.75) is 25.7 Å². The third-order valence-electron chi connectivity index (χ3n) is 4.54. The number of imidazole rings is 1. The summed E-state index contributed by atoms with van der Waals surface area (Å²) >= 11 is 0. The van der Waals surface area contributed by atoms with Crippen LogP contribution in [0.4, 0.5) is 19.0 Å². The molecule has 0 amide bonds. The number of halogens is 3. The molecule has 3 aromatic rings. The van der Waals surface area contributed by atoms with Gasteiger partial charge in [0, 0.05) is 18.5 Å². The summed E-state index contributed by atoms with van der Waals surface area (Å²) in [5.74, 6) is -1.32. The molecule has 2 N–H and O–H groups in total. The van der Waals surface area contributed by atoms with Crippen molar-refractivity contribution in [3.8, 4) is 0 Å². The number of benzene rings is 1. The van der Waals surface area contributed by atoms with Crippen molar-refractivity contribution in [2.75, 3.05) is 18.0 Å². The van der Waals surface area contributed by atoms with E-state index < -0.39 is 22.0 Å². The second-order valence-electron chi connectivity index (χ2n) is 6.45. The third kappa shape index (κ3) is 3.21. The van der Waals surface area contributed by atoms with Crippen LogP contribution in [-0.2, 0) is 23.1 Å². The lowest BCUT2D eigenvalue weighted by Crippen LogP contribution is -2.37. The van der Waals surface area contributed by atoms with E-state index in [4.69, 9.17) is 5.73 Å². The fraction of sp³-hybridized carbons (Fsp3) is 0.375. The van der Waals surface area contributed by atoms with Crippen molar-refractivity contribution in [1.82, 2.24) is 18.8 Å². The molecular weight excluding hydrogens is 383 g/mol. The average molecular weight is 399 g/mol. The van der Waals surface area contributed by atoms with Crippen LogP contribution in [0.2, 0.25) is 0 Å². The Morgan fingerprint density at radius 2 is 1.89 bits per heavy atom. The van der Waals surface area contributed by atoms with Gasteiger partial charge in [-0.05, 0) is 12.5 Å². The normalized spacial score (nSPS) is 16.6. The second-order valence-corrected chi connectivity index (χ2v) is 8.42. The molecule has 0 atom stereocenters. The highest BCUT2D eigenvalue weighted by molar-refractivity contribution is 7.89. The van der Waals surface area contributed by atoms with Crippen LogP contribution in [0, 0.1) is 0 Å². The Labute approximate surface area is 152 Å². The highest BCUT2D eigenvalue weighted by atomic mass is 32.2. The molecule has 0 unspecified atom stereocenters. The van der Waals surface area contributed by atoms with E-state index in [0.29, 0.717) is 29.8 Å². The highest BCUT2D eigenvalue weighted by Gasteiger charge is 2.39. The first-order valence-corrected chi connectivity index (χ1v) is 9.84. The van der Waals surface area contributed by atoms with E-state index in [1.165, 1.54) is 0 Å². The highest BCUT2D eigenvalue weighted by Crippen LogP contribution is 2.31. The molecule has 27 heavy (non-hydrogen) atoms. The Hall–Kier alpha value is -2.40. The zero-order valence-electron chi connectivity index (χ0n) is 14.1. The Bertz CT molecular complexity index is 1140. The molecule has 0 bridgehead atoms. The maximum atomic E-state index is 12.6. The molecule has 0 spiro atoms. The van der Waals surface area contributed by atoms with E-state index in [0.717, 1.165) is 15.2 Å². The van der Waals surface area contributed by atoms with Crippen LogP contribution >= 0.6 is 0 Å². The molecule has 0 saturated carbocycles. The molecule has 0 fully saturated rings. The Kier molecular flexibility index (Phi) is 4.04. The zero-order chi connectivity index (χ0) is 19.4. The average Bonchev–Trinajstić information content (AvgIpc) is 2.78. The molecule has 144 valence electrons. The molecule has 7 nitrogen and oxygen atoms in total. The molecule has 1 aromatic carbocycles. The molecule has 0 radical (unpaired) electrons. The monoisotopic (exact) mass is 399 g/mol. The van der Waals surface area contributed by atoms with Gasteiger partial charge in [-0.3, -0.25) is 0 Å². The standard InChI is InChI=1S/C16H16F3N5O2S/c17-16(18,19)9-27(25,26)23-6-3-7-24-12(8-23)22-13-14(24)10-4-1-2-5-11(10)21-15(13)20/h1-2,4-5H,3,6-9H2,(H2,20,21). The summed E-state index contributed by atoms with van der Waals surface area (Å²) in [6, 6.07) is 7.34. The SMILES string of the molecule is Nc1nc2ccccc2c2c1nc1n2CCCN(S(=O)(=O)CC(F)(F)F)C1. The summed E-state index contributed by atoms with van der Waals surface area (Å²) < 4.78 is 65.0. The molecule has 0 aliphatic carbocycles. The summed E-state index contributed by atoms with van der Waals surface area (Å²) in [5, 5.41) is 0.812.